The molecule has 0 saturated carbocycles. The van der Waals surface area contributed by atoms with Crippen molar-refractivity contribution in [2.45, 2.75) is 0 Å². The highest BCUT2D eigenvalue weighted by molar-refractivity contribution is 5.93. The molecule has 4 N–H and O–H groups in total. The SMILES string of the molecule is COCCOc1ccc(Nc2ncc(F)c(Nc3ccc(C(=O)NO)cc3)n2)cc1. The first-order valence-corrected chi connectivity index (χ1v) is 8.92. The fourth-order valence-corrected chi connectivity index (χ4v) is 2.43. The summed E-state index contributed by atoms with van der Waals surface area (Å²) in [6.07, 6.45) is 1.05. The number of hydrogen-bond donors (Lipinski definition) is 4. The average molecular weight is 413 g/mol. The van der Waals surface area contributed by atoms with Gasteiger partial charge in [0, 0.05) is 24.0 Å². The van der Waals surface area contributed by atoms with Gasteiger partial charge >= 0.3 is 0 Å². The van der Waals surface area contributed by atoms with E-state index in [0.29, 0.717) is 30.3 Å². The maximum Gasteiger partial charge on any atom is 0.274 e. The van der Waals surface area contributed by atoms with Gasteiger partial charge in [-0.2, -0.15) is 4.98 Å². The third kappa shape index (κ3) is 5.63. The number of carbonyl (C=O) groups excluding carboxylic acids is 1. The number of rotatable bonds is 9. The van der Waals surface area contributed by atoms with Gasteiger partial charge in [0.1, 0.15) is 12.4 Å². The molecule has 0 radical (unpaired) electrons. The van der Waals surface area contributed by atoms with E-state index in [2.05, 4.69) is 20.6 Å². The maximum atomic E-state index is 14.1. The van der Waals surface area contributed by atoms with E-state index in [4.69, 9.17) is 14.7 Å². The quantitative estimate of drug-likeness (QED) is 0.240. The van der Waals surface area contributed by atoms with Crippen LogP contribution in [0, 0.1) is 5.82 Å². The monoisotopic (exact) mass is 413 g/mol. The number of carbonyl (C=O) groups is 1. The van der Waals surface area contributed by atoms with Crippen LogP contribution in [0.1, 0.15) is 10.4 Å². The smallest absolute Gasteiger partial charge is 0.274 e. The zero-order valence-corrected chi connectivity index (χ0v) is 16.1. The van der Waals surface area contributed by atoms with E-state index in [1.165, 1.54) is 12.1 Å². The summed E-state index contributed by atoms with van der Waals surface area (Å²) in [5.41, 5.74) is 3.00. The summed E-state index contributed by atoms with van der Waals surface area (Å²) in [6, 6.07) is 13.2. The molecule has 1 amide bonds. The van der Waals surface area contributed by atoms with E-state index >= 15 is 0 Å². The molecule has 1 aromatic heterocycles. The van der Waals surface area contributed by atoms with Crippen LogP contribution in [0.25, 0.3) is 0 Å². The first kappa shape index (κ1) is 21.0. The molecule has 0 saturated heterocycles. The van der Waals surface area contributed by atoms with Crippen LogP contribution in [-0.2, 0) is 4.74 Å². The van der Waals surface area contributed by atoms with Crippen molar-refractivity contribution in [2.75, 3.05) is 31.0 Å². The van der Waals surface area contributed by atoms with Gasteiger partial charge < -0.3 is 20.1 Å². The molecular formula is C20H20FN5O4. The number of anilines is 4. The molecule has 0 aliphatic rings. The van der Waals surface area contributed by atoms with Crippen molar-refractivity contribution in [1.29, 1.82) is 0 Å². The number of nitrogens with one attached hydrogen (secondary N) is 3. The summed E-state index contributed by atoms with van der Waals surface area (Å²) >= 11 is 0. The molecule has 156 valence electrons. The van der Waals surface area contributed by atoms with Gasteiger partial charge in [0.05, 0.1) is 12.8 Å². The number of hydroxylamine groups is 1. The average Bonchev–Trinajstić information content (AvgIpc) is 2.77. The zero-order chi connectivity index (χ0) is 21.3. The molecule has 3 rings (SSSR count). The number of hydrogen-bond acceptors (Lipinski definition) is 8. The Balaban J connectivity index is 1.67. The normalized spacial score (nSPS) is 10.4. The Morgan fingerprint density at radius 2 is 1.70 bits per heavy atom. The lowest BCUT2D eigenvalue weighted by molar-refractivity contribution is 0.0706. The third-order valence-corrected chi connectivity index (χ3v) is 3.92. The van der Waals surface area contributed by atoms with Gasteiger partial charge in [0.15, 0.2) is 11.6 Å². The minimum absolute atomic E-state index is 0.0358. The molecule has 2 aromatic carbocycles. The van der Waals surface area contributed by atoms with Gasteiger partial charge in [-0.15, -0.1) is 0 Å². The number of benzene rings is 2. The van der Waals surface area contributed by atoms with Crippen molar-refractivity contribution in [3.63, 3.8) is 0 Å². The van der Waals surface area contributed by atoms with E-state index in [1.807, 2.05) is 0 Å². The molecule has 3 aromatic rings. The second kappa shape index (κ2) is 10.1. The van der Waals surface area contributed by atoms with E-state index in [1.54, 1.807) is 49.0 Å². The molecule has 9 nitrogen and oxygen atoms in total. The lowest BCUT2D eigenvalue weighted by atomic mass is 10.2. The van der Waals surface area contributed by atoms with E-state index < -0.39 is 11.7 Å². The molecule has 10 heteroatoms. The first-order chi connectivity index (χ1) is 14.6. The number of methoxy groups -OCH3 is 1. The van der Waals surface area contributed by atoms with Crippen LogP contribution in [0.15, 0.2) is 54.7 Å². The van der Waals surface area contributed by atoms with Crippen molar-refractivity contribution >= 4 is 29.0 Å². The highest BCUT2D eigenvalue weighted by Gasteiger charge is 2.09. The number of nitrogens with zero attached hydrogens (tertiary/aromatic N) is 2. The van der Waals surface area contributed by atoms with Gasteiger partial charge in [-0.3, -0.25) is 10.0 Å². The predicted molar refractivity (Wildman–Crippen MR) is 108 cm³/mol. The Morgan fingerprint density at radius 3 is 2.37 bits per heavy atom. The van der Waals surface area contributed by atoms with E-state index in [9.17, 15) is 9.18 Å². The molecule has 0 aliphatic heterocycles. The van der Waals surface area contributed by atoms with Gasteiger partial charge in [-0.25, -0.2) is 14.9 Å². The van der Waals surface area contributed by atoms with Crippen molar-refractivity contribution in [3.8, 4) is 5.75 Å². The molecule has 0 spiro atoms. The van der Waals surface area contributed by atoms with Crippen LogP contribution in [0.2, 0.25) is 0 Å². The number of ether oxygens (including phenoxy) is 2. The summed E-state index contributed by atoms with van der Waals surface area (Å²) in [5.74, 6) is -0.427. The zero-order valence-electron chi connectivity index (χ0n) is 16.1. The van der Waals surface area contributed by atoms with Crippen LogP contribution in [-0.4, -0.2) is 41.4 Å². The van der Waals surface area contributed by atoms with Crippen molar-refractivity contribution < 1.29 is 23.9 Å². The Bertz CT molecular complexity index is 983. The molecule has 30 heavy (non-hydrogen) atoms. The van der Waals surface area contributed by atoms with Crippen molar-refractivity contribution in [3.05, 3.63) is 66.1 Å². The molecule has 0 fully saturated rings. The fraction of sp³-hybridized carbons (Fsp3) is 0.150. The van der Waals surface area contributed by atoms with Crippen LogP contribution in [0.5, 0.6) is 5.75 Å². The lowest BCUT2D eigenvalue weighted by Gasteiger charge is -2.10. The second-order valence-electron chi connectivity index (χ2n) is 6.02. The van der Waals surface area contributed by atoms with Crippen LogP contribution in [0.4, 0.5) is 27.5 Å². The molecule has 1 heterocycles. The number of halogens is 1. The van der Waals surface area contributed by atoms with Crippen molar-refractivity contribution in [2.24, 2.45) is 0 Å². The second-order valence-corrected chi connectivity index (χ2v) is 6.02. The van der Waals surface area contributed by atoms with Crippen LogP contribution < -0.4 is 20.9 Å². The number of aromatic nitrogens is 2. The summed E-state index contributed by atoms with van der Waals surface area (Å²) in [5, 5.41) is 14.5. The predicted octanol–water partition coefficient (Wildman–Crippen LogP) is 3.25. The third-order valence-electron chi connectivity index (χ3n) is 3.92. The summed E-state index contributed by atoms with van der Waals surface area (Å²) in [4.78, 5) is 19.4. The minimum atomic E-state index is -0.642. The van der Waals surface area contributed by atoms with Crippen LogP contribution >= 0.6 is 0 Å². The molecule has 0 unspecified atom stereocenters. The Morgan fingerprint density at radius 1 is 1.03 bits per heavy atom. The Kier molecular flexibility index (Phi) is 7.09. The standard InChI is InChI=1S/C20H20FN5O4/c1-29-10-11-30-16-8-6-15(7-9-16)24-20-22-12-17(21)18(25-20)23-14-4-2-13(3-5-14)19(27)26-28/h2-9,12,28H,10-11H2,1H3,(H,26,27)(H2,22,23,24,25). The van der Waals surface area contributed by atoms with Gasteiger partial charge in [-0.1, -0.05) is 0 Å². The maximum absolute atomic E-state index is 14.1. The molecule has 0 aliphatic carbocycles. The summed E-state index contributed by atoms with van der Waals surface area (Å²) < 4.78 is 24.6. The Hall–Kier alpha value is -3.76. The van der Waals surface area contributed by atoms with Gasteiger partial charge in [0.2, 0.25) is 5.95 Å². The largest absolute Gasteiger partial charge is 0.491 e. The first-order valence-electron chi connectivity index (χ1n) is 8.92. The molecule has 0 atom stereocenters. The van der Waals surface area contributed by atoms with Crippen LogP contribution in [0.3, 0.4) is 0 Å². The van der Waals surface area contributed by atoms with E-state index in [0.717, 1.165) is 6.20 Å². The topological polar surface area (TPSA) is 118 Å². The fourth-order valence-electron chi connectivity index (χ4n) is 2.43. The summed E-state index contributed by atoms with van der Waals surface area (Å²) in [6.45, 7) is 0.946. The van der Waals surface area contributed by atoms with Crippen molar-refractivity contribution in [1.82, 2.24) is 15.4 Å². The number of amides is 1. The summed E-state index contributed by atoms with van der Waals surface area (Å²) in [7, 11) is 1.60. The lowest BCUT2D eigenvalue weighted by Crippen LogP contribution is -2.18. The minimum Gasteiger partial charge on any atom is -0.491 e. The Labute approximate surface area is 171 Å². The van der Waals surface area contributed by atoms with Gasteiger partial charge in [-0.05, 0) is 48.5 Å². The van der Waals surface area contributed by atoms with Gasteiger partial charge in [0.25, 0.3) is 5.91 Å². The highest BCUT2D eigenvalue weighted by Crippen LogP contribution is 2.22. The molecule has 0 bridgehead atoms. The molecular weight excluding hydrogens is 393 g/mol. The van der Waals surface area contributed by atoms with E-state index in [-0.39, 0.29) is 17.3 Å². The highest BCUT2D eigenvalue weighted by atomic mass is 19.1.